The Kier molecular flexibility index (Phi) is 5.95. The molecule has 1 aromatic carbocycles. The van der Waals surface area contributed by atoms with Crippen LogP contribution < -0.4 is 5.32 Å². The Labute approximate surface area is 123 Å². The Bertz CT molecular complexity index is 501. The van der Waals surface area contributed by atoms with E-state index < -0.39 is 4.92 Å². The van der Waals surface area contributed by atoms with Gasteiger partial charge in [-0.05, 0) is 18.9 Å². The standard InChI is InChI=1S/C14H19ClN2O3/c1-4-10(5-2)9(3)16-14(18)12-8-11(17(19)20)6-7-13(12)15/h6-10H,4-5H2,1-3H3,(H,16,18). The summed E-state index contributed by atoms with van der Waals surface area (Å²) in [5, 5.41) is 13.8. The fourth-order valence-corrected chi connectivity index (χ4v) is 2.40. The second-order valence-electron chi connectivity index (χ2n) is 4.76. The molecular weight excluding hydrogens is 280 g/mol. The van der Waals surface area contributed by atoms with Gasteiger partial charge in [-0.3, -0.25) is 14.9 Å². The molecule has 0 fully saturated rings. The molecule has 0 aliphatic carbocycles. The molecule has 0 saturated heterocycles. The van der Waals surface area contributed by atoms with E-state index in [1.165, 1.54) is 18.2 Å². The lowest BCUT2D eigenvalue weighted by Crippen LogP contribution is -2.37. The molecule has 0 radical (unpaired) electrons. The maximum absolute atomic E-state index is 12.2. The molecular formula is C14H19ClN2O3. The summed E-state index contributed by atoms with van der Waals surface area (Å²) in [7, 11) is 0. The Morgan fingerprint density at radius 1 is 1.40 bits per heavy atom. The van der Waals surface area contributed by atoms with Crippen LogP contribution in [-0.4, -0.2) is 16.9 Å². The molecule has 6 heteroatoms. The molecule has 1 atom stereocenters. The minimum Gasteiger partial charge on any atom is -0.349 e. The van der Waals surface area contributed by atoms with Gasteiger partial charge in [0.1, 0.15) is 0 Å². The first-order valence-corrected chi connectivity index (χ1v) is 7.03. The highest BCUT2D eigenvalue weighted by atomic mass is 35.5. The van der Waals surface area contributed by atoms with Crippen molar-refractivity contribution in [3.63, 3.8) is 0 Å². The highest BCUT2D eigenvalue weighted by Crippen LogP contribution is 2.22. The number of hydrogen-bond acceptors (Lipinski definition) is 3. The van der Waals surface area contributed by atoms with Gasteiger partial charge >= 0.3 is 0 Å². The topological polar surface area (TPSA) is 72.2 Å². The highest BCUT2D eigenvalue weighted by molar-refractivity contribution is 6.33. The largest absolute Gasteiger partial charge is 0.349 e. The molecule has 0 bridgehead atoms. The number of halogens is 1. The van der Waals surface area contributed by atoms with Crippen molar-refractivity contribution in [3.8, 4) is 0 Å². The van der Waals surface area contributed by atoms with Crippen LogP contribution in [0.4, 0.5) is 5.69 Å². The normalized spacial score (nSPS) is 12.2. The van der Waals surface area contributed by atoms with Gasteiger partial charge in [-0.1, -0.05) is 38.3 Å². The Balaban J connectivity index is 2.92. The molecule has 1 amide bonds. The molecule has 0 aromatic heterocycles. The number of amides is 1. The van der Waals surface area contributed by atoms with Crippen molar-refractivity contribution >= 4 is 23.2 Å². The van der Waals surface area contributed by atoms with Gasteiger partial charge in [-0.2, -0.15) is 0 Å². The van der Waals surface area contributed by atoms with Crippen LogP contribution in [0.3, 0.4) is 0 Å². The second kappa shape index (κ2) is 7.24. The van der Waals surface area contributed by atoms with Gasteiger partial charge < -0.3 is 5.32 Å². The zero-order chi connectivity index (χ0) is 15.3. The smallest absolute Gasteiger partial charge is 0.270 e. The van der Waals surface area contributed by atoms with E-state index in [0.29, 0.717) is 5.92 Å². The Morgan fingerprint density at radius 3 is 2.50 bits per heavy atom. The third-order valence-corrected chi connectivity index (χ3v) is 3.85. The molecule has 1 rings (SSSR count). The molecule has 20 heavy (non-hydrogen) atoms. The molecule has 0 saturated carbocycles. The van der Waals surface area contributed by atoms with Crippen LogP contribution in [0, 0.1) is 16.0 Å². The van der Waals surface area contributed by atoms with E-state index >= 15 is 0 Å². The summed E-state index contributed by atoms with van der Waals surface area (Å²) in [4.78, 5) is 22.4. The summed E-state index contributed by atoms with van der Waals surface area (Å²) in [5.41, 5.74) is -0.00610. The third-order valence-electron chi connectivity index (χ3n) is 3.52. The van der Waals surface area contributed by atoms with E-state index in [0.717, 1.165) is 12.8 Å². The van der Waals surface area contributed by atoms with E-state index in [1.807, 2.05) is 6.92 Å². The summed E-state index contributed by atoms with van der Waals surface area (Å²) in [6.45, 7) is 6.06. The van der Waals surface area contributed by atoms with Crippen molar-refractivity contribution in [3.05, 3.63) is 38.9 Å². The Hall–Kier alpha value is -1.62. The van der Waals surface area contributed by atoms with E-state index in [-0.39, 0.29) is 28.2 Å². The van der Waals surface area contributed by atoms with E-state index in [1.54, 1.807) is 0 Å². The first-order chi connectivity index (χ1) is 9.40. The van der Waals surface area contributed by atoms with Crippen LogP contribution in [0.15, 0.2) is 18.2 Å². The van der Waals surface area contributed by atoms with Gasteiger partial charge in [0, 0.05) is 18.2 Å². The maximum Gasteiger partial charge on any atom is 0.270 e. The van der Waals surface area contributed by atoms with Crippen LogP contribution in [0.25, 0.3) is 0 Å². The number of benzene rings is 1. The summed E-state index contributed by atoms with van der Waals surface area (Å²) in [5.74, 6) is -0.00507. The van der Waals surface area contributed by atoms with Gasteiger partial charge in [0.2, 0.25) is 0 Å². The first kappa shape index (κ1) is 16.4. The van der Waals surface area contributed by atoms with Gasteiger partial charge in [-0.15, -0.1) is 0 Å². The van der Waals surface area contributed by atoms with E-state index in [2.05, 4.69) is 19.2 Å². The summed E-state index contributed by atoms with van der Waals surface area (Å²) < 4.78 is 0. The number of carbonyl (C=O) groups excluding carboxylic acids is 1. The van der Waals surface area contributed by atoms with Crippen molar-refractivity contribution in [2.24, 2.45) is 5.92 Å². The van der Waals surface area contributed by atoms with Crippen LogP contribution in [0.1, 0.15) is 44.0 Å². The monoisotopic (exact) mass is 298 g/mol. The average Bonchev–Trinajstić information content (AvgIpc) is 2.40. The first-order valence-electron chi connectivity index (χ1n) is 6.65. The van der Waals surface area contributed by atoms with Crippen molar-refractivity contribution in [1.82, 2.24) is 5.32 Å². The minimum absolute atomic E-state index is 0.00664. The molecule has 5 nitrogen and oxygen atoms in total. The minimum atomic E-state index is -0.544. The fraction of sp³-hybridized carbons (Fsp3) is 0.500. The summed E-state index contributed by atoms with van der Waals surface area (Å²) in [6.07, 6.45) is 1.92. The van der Waals surface area contributed by atoms with Gasteiger partial charge in [0.25, 0.3) is 11.6 Å². The molecule has 0 aliphatic rings. The number of non-ortho nitro benzene ring substituents is 1. The number of nitrogens with zero attached hydrogens (tertiary/aromatic N) is 1. The van der Waals surface area contributed by atoms with Crippen LogP contribution in [0.5, 0.6) is 0 Å². The lowest BCUT2D eigenvalue weighted by atomic mass is 9.95. The number of nitro benzene ring substituents is 1. The van der Waals surface area contributed by atoms with Gasteiger partial charge in [-0.25, -0.2) is 0 Å². The van der Waals surface area contributed by atoms with Gasteiger partial charge in [0.15, 0.2) is 0 Å². The zero-order valence-corrected chi connectivity index (χ0v) is 12.6. The van der Waals surface area contributed by atoms with Crippen molar-refractivity contribution in [1.29, 1.82) is 0 Å². The highest BCUT2D eigenvalue weighted by Gasteiger charge is 2.20. The zero-order valence-electron chi connectivity index (χ0n) is 11.9. The van der Waals surface area contributed by atoms with Gasteiger partial charge in [0.05, 0.1) is 15.5 Å². The number of nitrogens with one attached hydrogen (secondary N) is 1. The third kappa shape index (κ3) is 3.93. The SMILES string of the molecule is CCC(CC)C(C)NC(=O)c1cc([N+](=O)[O-])ccc1Cl. The molecule has 0 spiro atoms. The van der Waals surface area contributed by atoms with Crippen molar-refractivity contribution in [2.75, 3.05) is 0 Å². The number of carbonyl (C=O) groups is 1. The lowest BCUT2D eigenvalue weighted by Gasteiger charge is -2.22. The van der Waals surface area contributed by atoms with Crippen LogP contribution in [-0.2, 0) is 0 Å². The quantitative estimate of drug-likeness (QED) is 0.641. The van der Waals surface area contributed by atoms with E-state index in [9.17, 15) is 14.9 Å². The predicted molar refractivity (Wildman–Crippen MR) is 79.1 cm³/mol. The van der Waals surface area contributed by atoms with Crippen molar-refractivity contribution in [2.45, 2.75) is 39.7 Å². The molecule has 0 heterocycles. The molecule has 1 N–H and O–H groups in total. The van der Waals surface area contributed by atoms with Crippen molar-refractivity contribution < 1.29 is 9.72 Å². The average molecular weight is 299 g/mol. The molecule has 110 valence electrons. The fourth-order valence-electron chi connectivity index (χ4n) is 2.20. The number of nitro groups is 1. The second-order valence-corrected chi connectivity index (χ2v) is 5.17. The molecule has 1 unspecified atom stereocenters. The number of hydrogen-bond donors (Lipinski definition) is 1. The lowest BCUT2D eigenvalue weighted by molar-refractivity contribution is -0.384. The Morgan fingerprint density at radius 2 is 2.00 bits per heavy atom. The maximum atomic E-state index is 12.2. The molecule has 1 aromatic rings. The summed E-state index contributed by atoms with van der Waals surface area (Å²) >= 11 is 5.94. The summed E-state index contributed by atoms with van der Waals surface area (Å²) in [6, 6.07) is 3.85. The van der Waals surface area contributed by atoms with Crippen LogP contribution >= 0.6 is 11.6 Å². The van der Waals surface area contributed by atoms with E-state index in [4.69, 9.17) is 11.6 Å². The number of rotatable bonds is 6. The predicted octanol–water partition coefficient (Wildman–Crippen LogP) is 3.80. The van der Waals surface area contributed by atoms with Crippen LogP contribution in [0.2, 0.25) is 5.02 Å². The molecule has 0 aliphatic heterocycles.